The number of hydrogen-bond acceptors (Lipinski definition) is 2. The lowest BCUT2D eigenvalue weighted by atomic mass is 10.5. The first-order valence-electron chi connectivity index (χ1n) is 2.82. The lowest BCUT2D eigenvalue weighted by molar-refractivity contribution is 1.57. The molecule has 0 heterocycles. The molecule has 0 saturated heterocycles. The maximum atomic E-state index is 3.94. The molecule has 0 amide bonds. The maximum absolute atomic E-state index is 3.94. The first-order valence-corrected chi connectivity index (χ1v) is 3.45. The van der Waals surface area contributed by atoms with Crippen LogP contribution in [0.1, 0.15) is 6.92 Å². The third-order valence-electron chi connectivity index (χ3n) is 0.663. The van der Waals surface area contributed by atoms with Crippen LogP contribution in [-0.4, -0.2) is 12.0 Å². The van der Waals surface area contributed by atoms with Gasteiger partial charge in [0.25, 0.3) is 0 Å². The number of thiol groups is 1. The van der Waals surface area contributed by atoms with Crippen molar-refractivity contribution < 1.29 is 0 Å². The molecule has 0 unspecified atom stereocenters. The molecule has 2 heteroatoms. The molecular weight excluding hydrogens is 130 g/mol. The number of aliphatic imine (C=N–C) groups is 1. The second-order valence-corrected chi connectivity index (χ2v) is 1.75. The molecule has 0 N–H and O–H groups in total. The van der Waals surface area contributed by atoms with E-state index in [1.165, 1.54) is 0 Å². The highest BCUT2D eigenvalue weighted by Crippen LogP contribution is 1.77. The van der Waals surface area contributed by atoms with Crippen LogP contribution in [0.5, 0.6) is 0 Å². The molecule has 0 fully saturated rings. The van der Waals surface area contributed by atoms with Crippen molar-refractivity contribution in [2.24, 2.45) is 4.99 Å². The SMILES string of the molecule is C/C=C\C=C/N=CCS. The van der Waals surface area contributed by atoms with E-state index in [0.29, 0.717) is 5.75 Å². The molecule has 0 radical (unpaired) electrons. The molecule has 0 aliphatic carbocycles. The largest absolute Gasteiger partial charge is 0.268 e. The third-order valence-corrected chi connectivity index (χ3v) is 0.826. The Morgan fingerprint density at radius 2 is 2.22 bits per heavy atom. The van der Waals surface area contributed by atoms with Gasteiger partial charge in [0.2, 0.25) is 0 Å². The van der Waals surface area contributed by atoms with E-state index in [0.717, 1.165) is 0 Å². The summed E-state index contributed by atoms with van der Waals surface area (Å²) in [4.78, 5) is 3.89. The molecular formula is C7H11NS. The molecule has 0 aromatic rings. The van der Waals surface area contributed by atoms with Crippen molar-refractivity contribution in [1.29, 1.82) is 0 Å². The normalized spacial score (nSPS) is 12.7. The van der Waals surface area contributed by atoms with E-state index in [2.05, 4.69) is 17.6 Å². The Hall–Kier alpha value is -0.500. The summed E-state index contributed by atoms with van der Waals surface area (Å²) in [6.07, 6.45) is 9.22. The van der Waals surface area contributed by atoms with Crippen molar-refractivity contribution in [1.82, 2.24) is 0 Å². The van der Waals surface area contributed by atoms with Crippen LogP contribution >= 0.6 is 12.6 Å². The van der Waals surface area contributed by atoms with Crippen LogP contribution in [-0.2, 0) is 0 Å². The lowest BCUT2D eigenvalue weighted by Crippen LogP contribution is -1.68. The van der Waals surface area contributed by atoms with Crippen molar-refractivity contribution in [3.05, 3.63) is 24.4 Å². The van der Waals surface area contributed by atoms with Crippen molar-refractivity contribution in [2.45, 2.75) is 6.92 Å². The predicted octanol–water partition coefficient (Wildman–Crippen LogP) is 2.08. The summed E-state index contributed by atoms with van der Waals surface area (Å²) in [5.74, 6) is 0.695. The molecule has 0 aromatic heterocycles. The molecule has 0 aliphatic heterocycles. The van der Waals surface area contributed by atoms with Gasteiger partial charge in [-0.25, -0.2) is 0 Å². The van der Waals surface area contributed by atoms with E-state index in [4.69, 9.17) is 0 Å². The number of hydrogen-bond donors (Lipinski definition) is 1. The smallest absolute Gasteiger partial charge is 0.0264 e. The number of allylic oxidation sites excluding steroid dienone is 3. The Bertz CT molecular complexity index is 125. The highest BCUT2D eigenvalue weighted by molar-refractivity contribution is 7.80. The highest BCUT2D eigenvalue weighted by Gasteiger charge is 1.61. The summed E-state index contributed by atoms with van der Waals surface area (Å²) < 4.78 is 0. The van der Waals surface area contributed by atoms with Gasteiger partial charge in [-0.15, -0.1) is 0 Å². The minimum Gasteiger partial charge on any atom is -0.268 e. The van der Waals surface area contributed by atoms with Crippen LogP contribution in [0, 0.1) is 0 Å². The Morgan fingerprint density at radius 1 is 1.44 bits per heavy atom. The van der Waals surface area contributed by atoms with Gasteiger partial charge in [0.05, 0.1) is 0 Å². The predicted molar refractivity (Wildman–Crippen MR) is 46.3 cm³/mol. The summed E-state index contributed by atoms with van der Waals surface area (Å²) in [7, 11) is 0. The minimum atomic E-state index is 0.695. The molecule has 0 bridgehead atoms. The van der Waals surface area contributed by atoms with Gasteiger partial charge in [0, 0.05) is 18.2 Å². The zero-order chi connectivity index (χ0) is 6.95. The van der Waals surface area contributed by atoms with Gasteiger partial charge in [0.15, 0.2) is 0 Å². The summed E-state index contributed by atoms with van der Waals surface area (Å²) in [5.41, 5.74) is 0. The molecule has 0 spiro atoms. The fourth-order valence-corrected chi connectivity index (χ4v) is 0.413. The van der Waals surface area contributed by atoms with Gasteiger partial charge in [-0.3, -0.25) is 4.99 Å². The quantitative estimate of drug-likeness (QED) is 0.351. The average molecular weight is 141 g/mol. The molecule has 0 saturated carbocycles. The molecule has 0 atom stereocenters. The van der Waals surface area contributed by atoms with Crippen LogP contribution in [0.3, 0.4) is 0 Å². The average Bonchev–Trinajstić information content (AvgIpc) is 1.89. The number of rotatable bonds is 3. The van der Waals surface area contributed by atoms with E-state index in [1.54, 1.807) is 12.4 Å². The summed E-state index contributed by atoms with van der Waals surface area (Å²) in [5, 5.41) is 0. The van der Waals surface area contributed by atoms with Crippen molar-refractivity contribution in [3.63, 3.8) is 0 Å². The zero-order valence-corrected chi connectivity index (χ0v) is 6.38. The number of nitrogens with zero attached hydrogens (tertiary/aromatic N) is 1. The first kappa shape index (κ1) is 8.50. The van der Waals surface area contributed by atoms with E-state index in [-0.39, 0.29) is 0 Å². The Morgan fingerprint density at radius 3 is 2.78 bits per heavy atom. The van der Waals surface area contributed by atoms with E-state index < -0.39 is 0 Å². The van der Waals surface area contributed by atoms with E-state index in [1.807, 2.05) is 25.2 Å². The van der Waals surface area contributed by atoms with Gasteiger partial charge < -0.3 is 0 Å². The molecule has 50 valence electrons. The van der Waals surface area contributed by atoms with Crippen LogP contribution in [0.2, 0.25) is 0 Å². The molecule has 0 aromatic carbocycles. The minimum absolute atomic E-state index is 0.695. The highest BCUT2D eigenvalue weighted by atomic mass is 32.1. The third kappa shape index (κ3) is 7.50. The van der Waals surface area contributed by atoms with E-state index >= 15 is 0 Å². The van der Waals surface area contributed by atoms with E-state index in [9.17, 15) is 0 Å². The fourth-order valence-electron chi connectivity index (χ4n) is 0.318. The van der Waals surface area contributed by atoms with Crippen molar-refractivity contribution in [2.75, 3.05) is 5.75 Å². The Labute approximate surface area is 61.6 Å². The van der Waals surface area contributed by atoms with Crippen LogP contribution in [0.15, 0.2) is 29.4 Å². The van der Waals surface area contributed by atoms with Crippen LogP contribution in [0.4, 0.5) is 0 Å². The summed E-state index contributed by atoms with van der Waals surface area (Å²) >= 11 is 3.94. The molecule has 0 rings (SSSR count). The molecule has 1 nitrogen and oxygen atoms in total. The van der Waals surface area contributed by atoms with Crippen LogP contribution in [0.25, 0.3) is 0 Å². The summed E-state index contributed by atoms with van der Waals surface area (Å²) in [6.45, 7) is 1.96. The Kier molecular flexibility index (Phi) is 7.08. The monoisotopic (exact) mass is 141 g/mol. The zero-order valence-electron chi connectivity index (χ0n) is 5.49. The van der Waals surface area contributed by atoms with Crippen molar-refractivity contribution >= 4 is 18.8 Å². The molecule has 0 aliphatic rings. The van der Waals surface area contributed by atoms with Gasteiger partial charge in [-0.2, -0.15) is 12.6 Å². The van der Waals surface area contributed by atoms with Crippen LogP contribution < -0.4 is 0 Å². The first-order chi connectivity index (χ1) is 4.41. The summed E-state index contributed by atoms with van der Waals surface area (Å²) in [6, 6.07) is 0. The topological polar surface area (TPSA) is 12.4 Å². The standard InChI is InChI=1S/C7H11NS/c1-2-3-4-5-8-6-7-9/h2-6,9H,7H2,1H3/b3-2-,5-4-,8-6?. The van der Waals surface area contributed by atoms with Gasteiger partial charge in [0.1, 0.15) is 0 Å². The lowest BCUT2D eigenvalue weighted by Gasteiger charge is -1.73. The van der Waals surface area contributed by atoms with Crippen molar-refractivity contribution in [3.8, 4) is 0 Å². The van der Waals surface area contributed by atoms with Gasteiger partial charge in [-0.05, 0) is 13.0 Å². The second kappa shape index (κ2) is 7.50. The maximum Gasteiger partial charge on any atom is 0.0264 e. The second-order valence-electron chi connectivity index (χ2n) is 1.38. The molecule has 9 heavy (non-hydrogen) atoms. The van der Waals surface area contributed by atoms with Gasteiger partial charge in [-0.1, -0.05) is 12.2 Å². The van der Waals surface area contributed by atoms with Gasteiger partial charge >= 0.3 is 0 Å². The Balaban J connectivity index is 3.35. The fraction of sp³-hybridized carbons (Fsp3) is 0.286.